The third-order valence-corrected chi connectivity index (χ3v) is 1.71. The molecule has 0 bridgehead atoms. The lowest BCUT2D eigenvalue weighted by Gasteiger charge is -2.07. The normalized spacial score (nSPS) is 14.8. The molecule has 0 fully saturated rings. The van der Waals surface area contributed by atoms with Crippen molar-refractivity contribution in [2.75, 3.05) is 33.0 Å². The maximum atomic E-state index is 10.7. The second-order valence-electron chi connectivity index (χ2n) is 2.75. The van der Waals surface area contributed by atoms with E-state index in [2.05, 4.69) is 4.74 Å². The highest BCUT2D eigenvalue weighted by molar-refractivity contribution is 7.56. The van der Waals surface area contributed by atoms with E-state index in [-0.39, 0.29) is 26.4 Å². The third kappa shape index (κ3) is 11.6. The van der Waals surface area contributed by atoms with E-state index >= 15 is 0 Å². The zero-order valence-corrected chi connectivity index (χ0v) is 9.16. The van der Waals surface area contributed by atoms with Gasteiger partial charge in [0.25, 0.3) is 0 Å². The predicted octanol–water partition coefficient (Wildman–Crippen LogP) is 0.398. The lowest BCUT2D eigenvalue weighted by atomic mass is 10.8. The van der Waals surface area contributed by atoms with Crippen molar-refractivity contribution in [1.82, 2.24) is 0 Å². The molecule has 7 heteroatoms. The second-order valence-corrected chi connectivity index (χ2v) is 5.11. The van der Waals surface area contributed by atoms with Gasteiger partial charge in [-0.25, -0.2) is 0 Å². The van der Waals surface area contributed by atoms with Crippen LogP contribution in [0.4, 0.5) is 0 Å². The lowest BCUT2D eigenvalue weighted by Crippen LogP contribution is -2.09. The summed E-state index contributed by atoms with van der Waals surface area (Å²) in [6.45, 7) is 2.78. The van der Waals surface area contributed by atoms with Crippen LogP contribution in [0, 0.1) is 0 Å². The SMILES string of the molecule is CC(=O)OCOCCOCP(C)(=O)O. The highest BCUT2D eigenvalue weighted by Crippen LogP contribution is 2.34. The topological polar surface area (TPSA) is 82.1 Å². The average molecular weight is 226 g/mol. The van der Waals surface area contributed by atoms with Crippen molar-refractivity contribution in [3.05, 3.63) is 0 Å². The molecule has 1 atom stereocenters. The third-order valence-electron chi connectivity index (χ3n) is 1.05. The van der Waals surface area contributed by atoms with Gasteiger partial charge in [0, 0.05) is 13.6 Å². The summed E-state index contributed by atoms with van der Waals surface area (Å²) in [6.07, 6.45) is -0.191. The summed E-state index contributed by atoms with van der Waals surface area (Å²) in [5.74, 6) is -0.417. The predicted molar refractivity (Wildman–Crippen MR) is 49.2 cm³/mol. The summed E-state index contributed by atoms with van der Waals surface area (Å²) in [6, 6.07) is 0. The molecule has 0 aromatic rings. The van der Waals surface area contributed by atoms with Crippen LogP contribution >= 0.6 is 7.37 Å². The van der Waals surface area contributed by atoms with Crippen molar-refractivity contribution in [2.45, 2.75) is 6.92 Å². The van der Waals surface area contributed by atoms with Crippen molar-refractivity contribution in [3.63, 3.8) is 0 Å². The van der Waals surface area contributed by atoms with Crippen LogP contribution in [-0.2, 0) is 23.6 Å². The Morgan fingerprint density at radius 3 is 2.43 bits per heavy atom. The molecule has 0 radical (unpaired) electrons. The summed E-state index contributed by atoms with van der Waals surface area (Å²) in [5, 5.41) is 0. The van der Waals surface area contributed by atoms with Crippen LogP contribution in [0.2, 0.25) is 0 Å². The number of ether oxygens (including phenoxy) is 3. The molecule has 84 valence electrons. The van der Waals surface area contributed by atoms with Crippen LogP contribution in [0.5, 0.6) is 0 Å². The van der Waals surface area contributed by atoms with Crippen LogP contribution in [0.1, 0.15) is 6.92 Å². The van der Waals surface area contributed by atoms with Crippen LogP contribution in [0.15, 0.2) is 0 Å². The monoisotopic (exact) mass is 226 g/mol. The van der Waals surface area contributed by atoms with Gasteiger partial charge in [-0.3, -0.25) is 9.36 Å². The molecule has 0 aromatic heterocycles. The van der Waals surface area contributed by atoms with E-state index in [0.29, 0.717) is 0 Å². The van der Waals surface area contributed by atoms with Crippen LogP contribution in [0.3, 0.4) is 0 Å². The van der Waals surface area contributed by atoms with Crippen LogP contribution in [-0.4, -0.2) is 43.9 Å². The minimum Gasteiger partial charge on any atom is -0.439 e. The van der Waals surface area contributed by atoms with E-state index in [1.807, 2.05) is 0 Å². The van der Waals surface area contributed by atoms with Crippen molar-refractivity contribution >= 4 is 13.3 Å². The van der Waals surface area contributed by atoms with Gasteiger partial charge in [0.1, 0.15) is 6.35 Å². The maximum Gasteiger partial charge on any atom is 0.304 e. The highest BCUT2D eigenvalue weighted by Gasteiger charge is 2.08. The zero-order valence-electron chi connectivity index (χ0n) is 8.26. The second kappa shape index (κ2) is 6.95. The highest BCUT2D eigenvalue weighted by atomic mass is 31.2. The summed E-state index contributed by atoms with van der Waals surface area (Å²) < 4.78 is 24.8. The number of carbonyl (C=O) groups is 1. The first-order valence-electron chi connectivity index (χ1n) is 4.00. The minimum atomic E-state index is -3.10. The van der Waals surface area contributed by atoms with Crippen molar-refractivity contribution in [1.29, 1.82) is 0 Å². The van der Waals surface area contributed by atoms with E-state index in [0.717, 1.165) is 0 Å². The molecule has 14 heavy (non-hydrogen) atoms. The molecule has 6 nitrogen and oxygen atoms in total. The van der Waals surface area contributed by atoms with E-state index in [4.69, 9.17) is 14.4 Å². The molecule has 0 saturated heterocycles. The summed E-state index contributed by atoms with van der Waals surface area (Å²) in [7, 11) is -3.10. The Labute approximate surface area is 82.6 Å². The lowest BCUT2D eigenvalue weighted by molar-refractivity contribution is -0.154. The number of carbonyl (C=O) groups excluding carboxylic acids is 1. The molecule has 0 amide bonds. The summed E-state index contributed by atoms with van der Waals surface area (Å²) >= 11 is 0. The number of hydrogen-bond acceptors (Lipinski definition) is 5. The molecule has 0 heterocycles. The minimum absolute atomic E-state index is 0.123. The quantitative estimate of drug-likeness (QED) is 0.293. The van der Waals surface area contributed by atoms with Gasteiger partial charge in [0.15, 0.2) is 6.79 Å². The maximum absolute atomic E-state index is 10.7. The van der Waals surface area contributed by atoms with Gasteiger partial charge in [-0.05, 0) is 0 Å². The van der Waals surface area contributed by atoms with Gasteiger partial charge in [0.2, 0.25) is 7.37 Å². The zero-order chi connectivity index (χ0) is 11.0. The molecule has 0 saturated carbocycles. The molecule has 0 aliphatic carbocycles. The Hall–Kier alpha value is -0.420. The average Bonchev–Trinajstić information content (AvgIpc) is 2.00. The Morgan fingerprint density at radius 2 is 1.93 bits per heavy atom. The van der Waals surface area contributed by atoms with E-state index in [1.54, 1.807) is 0 Å². The molecular formula is C7H15O6P. The fourth-order valence-corrected chi connectivity index (χ4v) is 1.00. The molecule has 0 spiro atoms. The standard InChI is InChI=1S/C7H15O6P/c1-7(8)13-5-11-3-4-12-6-14(2,9)10/h3-6H2,1-2H3,(H,9,10). The molecule has 0 aliphatic heterocycles. The molecule has 1 N–H and O–H groups in total. The molecule has 0 aliphatic rings. The van der Waals surface area contributed by atoms with Gasteiger partial charge in [0.05, 0.1) is 13.2 Å². The van der Waals surface area contributed by atoms with E-state index in [1.165, 1.54) is 13.6 Å². The van der Waals surface area contributed by atoms with Gasteiger partial charge in [-0.1, -0.05) is 0 Å². The fraction of sp³-hybridized carbons (Fsp3) is 0.857. The first-order chi connectivity index (χ1) is 6.42. The van der Waals surface area contributed by atoms with Crippen LogP contribution in [0.25, 0.3) is 0 Å². The van der Waals surface area contributed by atoms with Crippen molar-refractivity contribution < 1.29 is 28.5 Å². The Bertz CT molecular complexity index is 210. The number of rotatable bonds is 7. The molecule has 0 rings (SSSR count). The number of esters is 1. The number of hydrogen-bond donors (Lipinski definition) is 1. The van der Waals surface area contributed by atoms with E-state index in [9.17, 15) is 9.36 Å². The largest absolute Gasteiger partial charge is 0.439 e. The van der Waals surface area contributed by atoms with E-state index < -0.39 is 13.3 Å². The first-order valence-corrected chi connectivity index (χ1v) is 6.29. The van der Waals surface area contributed by atoms with Gasteiger partial charge in [-0.15, -0.1) is 0 Å². The van der Waals surface area contributed by atoms with Gasteiger partial charge >= 0.3 is 5.97 Å². The Balaban J connectivity index is 3.15. The van der Waals surface area contributed by atoms with Crippen molar-refractivity contribution in [2.24, 2.45) is 0 Å². The van der Waals surface area contributed by atoms with Crippen molar-refractivity contribution in [3.8, 4) is 0 Å². The van der Waals surface area contributed by atoms with Gasteiger partial charge < -0.3 is 19.1 Å². The first kappa shape index (κ1) is 13.6. The molecular weight excluding hydrogens is 211 g/mol. The Morgan fingerprint density at radius 1 is 1.36 bits per heavy atom. The van der Waals surface area contributed by atoms with Crippen LogP contribution < -0.4 is 0 Å². The smallest absolute Gasteiger partial charge is 0.304 e. The molecule has 1 unspecified atom stereocenters. The summed E-state index contributed by atoms with van der Waals surface area (Å²) in [4.78, 5) is 19.1. The fourth-order valence-electron chi connectivity index (χ4n) is 0.535. The Kier molecular flexibility index (Phi) is 6.74. The molecule has 0 aromatic carbocycles. The summed E-state index contributed by atoms with van der Waals surface area (Å²) in [5.41, 5.74) is 0. The van der Waals surface area contributed by atoms with Gasteiger partial charge in [-0.2, -0.15) is 0 Å².